The van der Waals surface area contributed by atoms with Gasteiger partial charge in [-0.3, -0.25) is 0 Å². The third kappa shape index (κ3) is 3.43. The van der Waals surface area contributed by atoms with Crippen LogP contribution in [0.4, 0.5) is 0 Å². The largest absolute Gasteiger partial charge is 0.389 e. The van der Waals surface area contributed by atoms with Gasteiger partial charge < -0.3 is 24.1 Å². The lowest BCUT2D eigenvalue weighted by Crippen LogP contribution is -2.53. The molecule has 5 atom stereocenters. The Morgan fingerprint density at radius 3 is 2.56 bits per heavy atom. The summed E-state index contributed by atoms with van der Waals surface area (Å²) in [6.45, 7) is 11.6. The lowest BCUT2D eigenvalue weighted by atomic mass is 9.87. The van der Waals surface area contributed by atoms with Gasteiger partial charge in [0.05, 0.1) is 12.7 Å². The van der Waals surface area contributed by atoms with E-state index >= 15 is 0 Å². The van der Waals surface area contributed by atoms with Gasteiger partial charge in [-0.25, -0.2) is 0 Å². The van der Waals surface area contributed by atoms with Crippen LogP contribution in [0.5, 0.6) is 0 Å². The van der Waals surface area contributed by atoms with E-state index in [4.69, 9.17) is 18.9 Å². The summed E-state index contributed by atoms with van der Waals surface area (Å²) in [5.74, 6) is -0.763. The van der Waals surface area contributed by atoms with Crippen molar-refractivity contribution in [2.24, 2.45) is 0 Å². The third-order valence-electron chi connectivity index (χ3n) is 4.65. The quantitative estimate of drug-likeness (QED) is 0.769. The summed E-state index contributed by atoms with van der Waals surface area (Å²) in [5, 5.41) is 10.7. The Labute approximate surface area is 148 Å². The molecule has 136 valence electrons. The smallest absolute Gasteiger partial charge is 0.191 e. The van der Waals surface area contributed by atoms with E-state index in [0.29, 0.717) is 13.0 Å². The molecule has 0 saturated carbocycles. The normalized spacial score (nSPS) is 34.4. The number of hydrogen-bond donors (Lipinski definition) is 1. The highest BCUT2D eigenvalue weighted by Gasteiger charge is 2.63. The molecule has 1 aromatic rings. The van der Waals surface area contributed by atoms with E-state index in [1.807, 2.05) is 44.2 Å². The Bertz CT molecular complexity index is 614. The van der Waals surface area contributed by atoms with Gasteiger partial charge in [-0.1, -0.05) is 42.5 Å². The molecule has 0 spiro atoms. The maximum Gasteiger partial charge on any atom is 0.191 e. The Morgan fingerprint density at radius 2 is 1.92 bits per heavy atom. The molecule has 25 heavy (non-hydrogen) atoms. The van der Waals surface area contributed by atoms with Gasteiger partial charge >= 0.3 is 0 Å². The molecule has 2 fully saturated rings. The average Bonchev–Trinajstić information content (AvgIpc) is 3.03. The Balaban J connectivity index is 1.86. The van der Waals surface area contributed by atoms with Crippen molar-refractivity contribution in [2.75, 3.05) is 0 Å². The van der Waals surface area contributed by atoms with E-state index in [0.717, 1.165) is 5.56 Å². The first-order chi connectivity index (χ1) is 11.9. The van der Waals surface area contributed by atoms with Crippen LogP contribution in [0.1, 0.15) is 25.8 Å². The average molecular weight is 346 g/mol. The van der Waals surface area contributed by atoms with Crippen molar-refractivity contribution in [3.63, 3.8) is 0 Å². The van der Waals surface area contributed by atoms with Crippen molar-refractivity contribution in [1.29, 1.82) is 0 Å². The van der Waals surface area contributed by atoms with E-state index < -0.39 is 36.0 Å². The van der Waals surface area contributed by atoms with Gasteiger partial charge in [-0.05, 0) is 25.8 Å². The second-order valence-electron chi connectivity index (χ2n) is 6.90. The molecule has 1 aromatic carbocycles. The second-order valence-corrected chi connectivity index (χ2v) is 6.90. The molecular weight excluding hydrogens is 320 g/mol. The van der Waals surface area contributed by atoms with E-state index in [1.54, 1.807) is 12.2 Å². The van der Waals surface area contributed by atoms with E-state index in [2.05, 4.69) is 13.2 Å². The van der Waals surface area contributed by atoms with E-state index in [1.165, 1.54) is 0 Å². The van der Waals surface area contributed by atoms with Crippen LogP contribution in [0.15, 0.2) is 55.6 Å². The Kier molecular flexibility index (Phi) is 5.14. The van der Waals surface area contributed by atoms with Crippen LogP contribution in [0.3, 0.4) is 0 Å². The van der Waals surface area contributed by atoms with Crippen molar-refractivity contribution in [2.45, 2.75) is 62.9 Å². The van der Waals surface area contributed by atoms with Crippen LogP contribution in [0.25, 0.3) is 0 Å². The lowest BCUT2D eigenvalue weighted by molar-refractivity contribution is -0.250. The second kappa shape index (κ2) is 7.02. The van der Waals surface area contributed by atoms with Gasteiger partial charge in [-0.2, -0.15) is 0 Å². The fourth-order valence-corrected chi connectivity index (χ4v) is 3.47. The van der Waals surface area contributed by atoms with Crippen LogP contribution in [0.2, 0.25) is 0 Å². The molecule has 5 nitrogen and oxygen atoms in total. The molecule has 0 aromatic heterocycles. The van der Waals surface area contributed by atoms with Crippen LogP contribution in [-0.4, -0.2) is 41.1 Å². The highest BCUT2D eigenvalue weighted by molar-refractivity contribution is 5.18. The number of ether oxygens (including phenoxy) is 4. The molecular formula is C20H26O5. The van der Waals surface area contributed by atoms with Crippen molar-refractivity contribution in [3.8, 4) is 0 Å². The first-order valence-corrected chi connectivity index (χ1v) is 8.53. The standard InChI is InChI=1S/C20H26O5/c1-5-10-15(21)20(6-2)17(22-13-14-11-8-7-9-12-14)16-18(25-20)24-19(3,4)23-16/h5-9,11-12,15-18,21H,1-2,10,13H2,3-4H3/t15?,16-,17-,18+,20-/m1/s1. The van der Waals surface area contributed by atoms with Crippen LogP contribution >= 0.6 is 0 Å². The molecule has 0 bridgehead atoms. The highest BCUT2D eigenvalue weighted by Crippen LogP contribution is 2.46. The van der Waals surface area contributed by atoms with Gasteiger partial charge in [0, 0.05) is 0 Å². The Morgan fingerprint density at radius 1 is 1.20 bits per heavy atom. The van der Waals surface area contributed by atoms with Crippen molar-refractivity contribution in [3.05, 3.63) is 61.2 Å². The van der Waals surface area contributed by atoms with Gasteiger partial charge in [-0.15, -0.1) is 13.2 Å². The first kappa shape index (κ1) is 18.3. The van der Waals surface area contributed by atoms with Gasteiger partial charge in [0.25, 0.3) is 0 Å². The molecule has 1 unspecified atom stereocenters. The molecule has 0 aliphatic carbocycles. The third-order valence-corrected chi connectivity index (χ3v) is 4.65. The van der Waals surface area contributed by atoms with Gasteiger partial charge in [0.2, 0.25) is 0 Å². The summed E-state index contributed by atoms with van der Waals surface area (Å²) < 4.78 is 24.1. The first-order valence-electron chi connectivity index (χ1n) is 8.53. The summed E-state index contributed by atoms with van der Waals surface area (Å²) in [7, 11) is 0. The van der Waals surface area contributed by atoms with Crippen molar-refractivity contribution in [1.82, 2.24) is 0 Å². The van der Waals surface area contributed by atoms with Crippen molar-refractivity contribution >= 4 is 0 Å². The topological polar surface area (TPSA) is 57.2 Å². The molecule has 5 heteroatoms. The number of fused-ring (bicyclic) bond motifs is 1. The Hall–Kier alpha value is -1.50. The molecule has 0 amide bonds. The number of rotatable bonds is 7. The number of aliphatic hydroxyl groups excluding tert-OH is 1. The summed E-state index contributed by atoms with van der Waals surface area (Å²) in [4.78, 5) is 0. The molecule has 2 aliphatic heterocycles. The van der Waals surface area contributed by atoms with E-state index in [9.17, 15) is 5.11 Å². The zero-order valence-corrected chi connectivity index (χ0v) is 14.8. The SMILES string of the molecule is C=CCC(O)[C@@]1(C=C)O[C@@H]2OC(C)(C)O[C@@H]2[C@H]1OCc1ccccc1. The predicted molar refractivity (Wildman–Crippen MR) is 93.7 cm³/mol. The molecule has 2 heterocycles. The predicted octanol–water partition coefficient (Wildman–Crippen LogP) is 2.94. The minimum absolute atomic E-state index is 0.347. The molecule has 3 rings (SSSR count). The van der Waals surface area contributed by atoms with Crippen LogP contribution in [0, 0.1) is 0 Å². The summed E-state index contributed by atoms with van der Waals surface area (Å²) in [5.41, 5.74) is -0.0882. The van der Waals surface area contributed by atoms with Crippen LogP contribution in [-0.2, 0) is 25.6 Å². The lowest BCUT2D eigenvalue weighted by Gasteiger charge is -2.37. The maximum absolute atomic E-state index is 10.7. The minimum atomic E-state index is -1.12. The highest BCUT2D eigenvalue weighted by atomic mass is 16.8. The van der Waals surface area contributed by atoms with Gasteiger partial charge in [0.15, 0.2) is 12.1 Å². The molecule has 0 radical (unpaired) electrons. The number of hydrogen-bond acceptors (Lipinski definition) is 5. The van der Waals surface area contributed by atoms with Crippen LogP contribution < -0.4 is 0 Å². The summed E-state index contributed by atoms with van der Waals surface area (Å²) >= 11 is 0. The fraction of sp³-hybridized carbons (Fsp3) is 0.500. The van der Waals surface area contributed by atoms with E-state index in [-0.39, 0.29) is 0 Å². The fourth-order valence-electron chi connectivity index (χ4n) is 3.47. The van der Waals surface area contributed by atoms with Crippen molar-refractivity contribution < 1.29 is 24.1 Å². The summed E-state index contributed by atoms with van der Waals surface area (Å²) in [6.07, 6.45) is 1.11. The molecule has 2 aliphatic rings. The molecule has 1 N–H and O–H groups in total. The minimum Gasteiger partial charge on any atom is -0.389 e. The van der Waals surface area contributed by atoms with Gasteiger partial charge in [0.1, 0.15) is 17.8 Å². The summed E-state index contributed by atoms with van der Waals surface area (Å²) in [6, 6.07) is 9.84. The number of benzene rings is 1. The number of aliphatic hydroxyl groups is 1. The maximum atomic E-state index is 10.7. The molecule has 2 saturated heterocycles. The zero-order chi connectivity index (χ0) is 18.1. The monoisotopic (exact) mass is 346 g/mol. The zero-order valence-electron chi connectivity index (χ0n) is 14.8.